The van der Waals surface area contributed by atoms with E-state index in [-0.39, 0.29) is 5.97 Å². The van der Waals surface area contributed by atoms with E-state index in [0.29, 0.717) is 18.0 Å². The molecule has 0 aliphatic carbocycles. The zero-order valence-electron chi connectivity index (χ0n) is 8.10. The Morgan fingerprint density at radius 3 is 2.54 bits per heavy atom. The number of aromatic amines is 1. The van der Waals surface area contributed by atoms with E-state index in [1.807, 2.05) is 13.8 Å². The van der Waals surface area contributed by atoms with Gasteiger partial charge in [-0.2, -0.15) is 0 Å². The topological polar surface area (TPSA) is 68.1 Å². The highest BCUT2D eigenvalue weighted by atomic mass is 16.5. The lowest BCUT2D eigenvalue weighted by Gasteiger charge is -2.01. The van der Waals surface area contributed by atoms with Crippen LogP contribution in [-0.2, 0) is 4.74 Å². The summed E-state index contributed by atoms with van der Waals surface area (Å²) in [5.41, 5.74) is 7.84. The van der Waals surface area contributed by atoms with Crippen LogP contribution in [0.15, 0.2) is 0 Å². The van der Waals surface area contributed by atoms with Crippen molar-refractivity contribution in [3.05, 3.63) is 16.8 Å². The molecular weight excluding hydrogens is 168 g/mol. The van der Waals surface area contributed by atoms with Gasteiger partial charge in [-0.3, -0.25) is 0 Å². The molecule has 0 spiro atoms. The molecule has 0 unspecified atom stereocenters. The number of hydrogen-bond donors (Lipinski definition) is 2. The first-order chi connectivity index (χ1) is 6.07. The van der Waals surface area contributed by atoms with E-state index in [1.165, 1.54) is 0 Å². The largest absolute Gasteiger partial charge is 0.462 e. The summed E-state index contributed by atoms with van der Waals surface area (Å²) in [5, 5.41) is 0. The van der Waals surface area contributed by atoms with Crippen molar-refractivity contribution in [2.24, 2.45) is 0 Å². The molecule has 1 aromatic heterocycles. The Morgan fingerprint density at radius 2 is 2.15 bits per heavy atom. The Labute approximate surface area is 77.1 Å². The van der Waals surface area contributed by atoms with Crippen LogP contribution in [0.3, 0.4) is 0 Å². The molecule has 4 heteroatoms. The molecule has 72 valence electrons. The summed E-state index contributed by atoms with van der Waals surface area (Å²) in [6.07, 6.45) is 0. The fraction of sp³-hybridized carbons (Fsp3) is 0.444. The van der Waals surface area contributed by atoms with Crippen LogP contribution in [0.2, 0.25) is 0 Å². The second-order valence-electron chi connectivity index (χ2n) is 2.88. The SMILES string of the molecule is CCOC(=O)c1c(N)[nH]c(C)c1C. The third-order valence-electron chi connectivity index (χ3n) is 2.01. The van der Waals surface area contributed by atoms with Crippen LogP contribution >= 0.6 is 0 Å². The summed E-state index contributed by atoms with van der Waals surface area (Å²) in [6, 6.07) is 0. The van der Waals surface area contributed by atoms with Gasteiger partial charge in [0.2, 0.25) is 0 Å². The van der Waals surface area contributed by atoms with Gasteiger partial charge in [-0.1, -0.05) is 0 Å². The van der Waals surface area contributed by atoms with Crippen LogP contribution in [0.25, 0.3) is 0 Å². The lowest BCUT2D eigenvalue weighted by atomic mass is 10.1. The van der Waals surface area contributed by atoms with Crippen molar-refractivity contribution < 1.29 is 9.53 Å². The van der Waals surface area contributed by atoms with Crippen LogP contribution in [0.5, 0.6) is 0 Å². The van der Waals surface area contributed by atoms with Crippen molar-refractivity contribution in [2.75, 3.05) is 12.3 Å². The van der Waals surface area contributed by atoms with Gasteiger partial charge in [-0.15, -0.1) is 0 Å². The second kappa shape index (κ2) is 3.51. The van der Waals surface area contributed by atoms with Crippen LogP contribution < -0.4 is 5.73 Å². The summed E-state index contributed by atoms with van der Waals surface area (Å²) < 4.78 is 4.86. The van der Waals surface area contributed by atoms with E-state index < -0.39 is 0 Å². The minimum Gasteiger partial charge on any atom is -0.462 e. The number of anilines is 1. The Hall–Kier alpha value is -1.45. The van der Waals surface area contributed by atoms with E-state index in [0.717, 1.165) is 11.3 Å². The van der Waals surface area contributed by atoms with Gasteiger partial charge in [0.25, 0.3) is 0 Å². The Kier molecular flexibility index (Phi) is 2.60. The molecule has 0 aliphatic rings. The molecule has 1 aromatic rings. The minimum absolute atomic E-state index is 0.359. The number of aryl methyl sites for hydroxylation is 1. The number of esters is 1. The van der Waals surface area contributed by atoms with Crippen molar-refractivity contribution in [1.82, 2.24) is 4.98 Å². The molecule has 0 radical (unpaired) electrons. The highest BCUT2D eigenvalue weighted by molar-refractivity contribution is 5.96. The number of hydrogen-bond acceptors (Lipinski definition) is 3. The van der Waals surface area contributed by atoms with Crippen LogP contribution in [0, 0.1) is 13.8 Å². The lowest BCUT2D eigenvalue weighted by molar-refractivity contribution is 0.0527. The number of H-pyrrole nitrogens is 1. The van der Waals surface area contributed by atoms with E-state index in [4.69, 9.17) is 10.5 Å². The Balaban J connectivity index is 3.06. The van der Waals surface area contributed by atoms with Gasteiger partial charge in [0, 0.05) is 5.69 Å². The first-order valence-corrected chi connectivity index (χ1v) is 4.19. The average molecular weight is 182 g/mol. The maximum atomic E-state index is 11.4. The molecule has 0 amide bonds. The predicted octanol–water partition coefficient (Wildman–Crippen LogP) is 1.39. The van der Waals surface area contributed by atoms with E-state index in [2.05, 4.69) is 4.98 Å². The van der Waals surface area contributed by atoms with Crippen molar-refractivity contribution >= 4 is 11.8 Å². The average Bonchev–Trinajstić information content (AvgIpc) is 2.27. The van der Waals surface area contributed by atoms with Crippen LogP contribution in [0.1, 0.15) is 28.5 Å². The predicted molar refractivity (Wildman–Crippen MR) is 50.6 cm³/mol. The number of carbonyl (C=O) groups excluding carboxylic acids is 1. The maximum absolute atomic E-state index is 11.4. The molecule has 3 N–H and O–H groups in total. The highest BCUT2D eigenvalue weighted by Crippen LogP contribution is 2.20. The molecule has 0 saturated heterocycles. The quantitative estimate of drug-likeness (QED) is 0.679. The van der Waals surface area contributed by atoms with E-state index in [1.54, 1.807) is 6.92 Å². The van der Waals surface area contributed by atoms with E-state index in [9.17, 15) is 4.79 Å². The standard InChI is InChI=1S/C9H14N2O2/c1-4-13-9(12)7-5(2)6(3)11-8(7)10/h11H,4,10H2,1-3H3. The number of nitrogen functional groups attached to an aromatic ring is 1. The minimum atomic E-state index is -0.359. The summed E-state index contributed by atoms with van der Waals surface area (Å²) in [4.78, 5) is 14.3. The number of nitrogens with two attached hydrogens (primary N) is 1. The number of rotatable bonds is 2. The molecule has 0 saturated carbocycles. The highest BCUT2D eigenvalue weighted by Gasteiger charge is 2.17. The van der Waals surface area contributed by atoms with Crippen molar-refractivity contribution in [2.45, 2.75) is 20.8 Å². The molecule has 0 aromatic carbocycles. The van der Waals surface area contributed by atoms with Crippen LogP contribution in [-0.4, -0.2) is 17.6 Å². The second-order valence-corrected chi connectivity index (χ2v) is 2.88. The number of nitrogens with one attached hydrogen (secondary N) is 1. The molecule has 0 aliphatic heterocycles. The molecular formula is C9H14N2O2. The van der Waals surface area contributed by atoms with Crippen LogP contribution in [0.4, 0.5) is 5.82 Å². The zero-order chi connectivity index (χ0) is 10.0. The third kappa shape index (κ3) is 1.66. The number of aromatic nitrogens is 1. The normalized spacial score (nSPS) is 10.1. The molecule has 0 fully saturated rings. The maximum Gasteiger partial charge on any atom is 0.342 e. The lowest BCUT2D eigenvalue weighted by Crippen LogP contribution is -2.07. The van der Waals surface area contributed by atoms with Crippen molar-refractivity contribution in [1.29, 1.82) is 0 Å². The van der Waals surface area contributed by atoms with Crippen molar-refractivity contribution in [3.63, 3.8) is 0 Å². The number of ether oxygens (including phenoxy) is 1. The molecule has 13 heavy (non-hydrogen) atoms. The van der Waals surface area contributed by atoms with Gasteiger partial charge in [0.1, 0.15) is 11.4 Å². The van der Waals surface area contributed by atoms with Gasteiger partial charge in [-0.05, 0) is 26.3 Å². The Bertz CT molecular complexity index is 329. The molecule has 1 rings (SSSR count). The summed E-state index contributed by atoms with van der Waals surface area (Å²) in [5.74, 6) is 0.0234. The van der Waals surface area contributed by atoms with E-state index >= 15 is 0 Å². The molecule has 1 heterocycles. The first-order valence-electron chi connectivity index (χ1n) is 4.19. The summed E-state index contributed by atoms with van der Waals surface area (Å²) in [6.45, 7) is 5.84. The Morgan fingerprint density at radius 1 is 1.54 bits per heavy atom. The smallest absolute Gasteiger partial charge is 0.342 e. The van der Waals surface area contributed by atoms with Gasteiger partial charge < -0.3 is 15.5 Å². The number of carbonyl (C=O) groups is 1. The fourth-order valence-corrected chi connectivity index (χ4v) is 1.21. The van der Waals surface area contributed by atoms with Gasteiger partial charge in [-0.25, -0.2) is 4.79 Å². The molecule has 0 bridgehead atoms. The zero-order valence-corrected chi connectivity index (χ0v) is 8.10. The molecule has 4 nitrogen and oxygen atoms in total. The first kappa shape index (κ1) is 9.64. The van der Waals surface area contributed by atoms with Gasteiger partial charge in [0.15, 0.2) is 0 Å². The fourth-order valence-electron chi connectivity index (χ4n) is 1.21. The summed E-state index contributed by atoms with van der Waals surface area (Å²) in [7, 11) is 0. The summed E-state index contributed by atoms with van der Waals surface area (Å²) >= 11 is 0. The third-order valence-corrected chi connectivity index (χ3v) is 2.01. The van der Waals surface area contributed by atoms with Crippen molar-refractivity contribution in [3.8, 4) is 0 Å². The monoisotopic (exact) mass is 182 g/mol. The van der Waals surface area contributed by atoms with Gasteiger partial charge in [0.05, 0.1) is 6.61 Å². The molecule has 0 atom stereocenters. The van der Waals surface area contributed by atoms with Gasteiger partial charge >= 0.3 is 5.97 Å².